The molecule has 102 valence electrons. The lowest BCUT2D eigenvalue weighted by Crippen LogP contribution is -2.61. The van der Waals surface area contributed by atoms with Crippen molar-refractivity contribution in [2.75, 3.05) is 20.3 Å². The first kappa shape index (κ1) is 14.9. The zero-order valence-electron chi connectivity index (χ0n) is 11.8. The quantitative estimate of drug-likeness (QED) is 0.703. The van der Waals surface area contributed by atoms with E-state index in [1.165, 1.54) is 38.5 Å². The zero-order chi connectivity index (χ0) is 12.7. The average Bonchev–Trinajstić information content (AvgIpc) is 2.56. The second-order valence-electron chi connectivity index (χ2n) is 5.78. The van der Waals surface area contributed by atoms with E-state index in [4.69, 9.17) is 10.5 Å². The fourth-order valence-electron chi connectivity index (χ4n) is 2.82. The first-order valence-electron chi connectivity index (χ1n) is 7.11. The molecular weight excluding hydrogens is 212 g/mol. The lowest BCUT2D eigenvalue weighted by molar-refractivity contribution is 0.0721. The predicted octanol–water partition coefficient (Wildman–Crippen LogP) is 2.30. The highest BCUT2D eigenvalue weighted by Gasteiger charge is 2.34. The molecule has 0 aromatic heterocycles. The second-order valence-corrected chi connectivity index (χ2v) is 5.78. The van der Waals surface area contributed by atoms with Crippen LogP contribution >= 0.6 is 0 Å². The Bertz CT molecular complexity index is 200. The first-order valence-corrected chi connectivity index (χ1v) is 7.11. The lowest BCUT2D eigenvalue weighted by Gasteiger charge is -2.40. The van der Waals surface area contributed by atoms with Gasteiger partial charge in [0.05, 0.1) is 12.1 Å². The highest BCUT2D eigenvalue weighted by Crippen LogP contribution is 2.23. The predicted molar refractivity (Wildman–Crippen MR) is 73.1 cm³/mol. The minimum atomic E-state index is -0.0518. The van der Waals surface area contributed by atoms with Gasteiger partial charge in [-0.1, -0.05) is 39.5 Å². The van der Waals surface area contributed by atoms with Crippen molar-refractivity contribution in [2.45, 2.75) is 64.0 Å². The summed E-state index contributed by atoms with van der Waals surface area (Å²) >= 11 is 0. The highest BCUT2D eigenvalue weighted by molar-refractivity contribution is 4.95. The lowest BCUT2D eigenvalue weighted by atomic mass is 9.85. The van der Waals surface area contributed by atoms with Crippen LogP contribution in [0.15, 0.2) is 0 Å². The van der Waals surface area contributed by atoms with E-state index >= 15 is 0 Å². The average molecular weight is 242 g/mol. The standard InChI is InChI=1S/C14H30N2O/c1-12(2)14(10-15,11-17-3)16-13-8-6-4-5-7-9-13/h12-13,16H,4-11,15H2,1-3H3. The Balaban J connectivity index is 2.62. The molecule has 1 aliphatic rings. The van der Waals surface area contributed by atoms with Crippen LogP contribution in [0.1, 0.15) is 52.4 Å². The van der Waals surface area contributed by atoms with Gasteiger partial charge in [0, 0.05) is 19.7 Å². The van der Waals surface area contributed by atoms with Gasteiger partial charge in [-0.05, 0) is 18.8 Å². The summed E-state index contributed by atoms with van der Waals surface area (Å²) in [5.41, 5.74) is 5.96. The van der Waals surface area contributed by atoms with Gasteiger partial charge >= 0.3 is 0 Å². The van der Waals surface area contributed by atoms with Crippen LogP contribution in [-0.2, 0) is 4.74 Å². The van der Waals surface area contributed by atoms with Gasteiger partial charge in [-0.25, -0.2) is 0 Å². The van der Waals surface area contributed by atoms with Gasteiger partial charge in [-0.3, -0.25) is 0 Å². The van der Waals surface area contributed by atoms with E-state index in [1.807, 2.05) is 0 Å². The third kappa shape index (κ3) is 4.23. The van der Waals surface area contributed by atoms with Crippen LogP contribution in [0.2, 0.25) is 0 Å². The van der Waals surface area contributed by atoms with Crippen molar-refractivity contribution in [3.05, 3.63) is 0 Å². The maximum atomic E-state index is 6.01. The summed E-state index contributed by atoms with van der Waals surface area (Å²) in [4.78, 5) is 0. The number of rotatable bonds is 6. The number of methoxy groups -OCH3 is 1. The van der Waals surface area contributed by atoms with E-state index in [9.17, 15) is 0 Å². The van der Waals surface area contributed by atoms with Crippen molar-refractivity contribution >= 4 is 0 Å². The second kappa shape index (κ2) is 7.34. The van der Waals surface area contributed by atoms with Gasteiger partial charge in [0.1, 0.15) is 0 Å². The van der Waals surface area contributed by atoms with Gasteiger partial charge in [0.15, 0.2) is 0 Å². The van der Waals surface area contributed by atoms with Crippen LogP contribution in [0.25, 0.3) is 0 Å². The van der Waals surface area contributed by atoms with Crippen LogP contribution in [0.4, 0.5) is 0 Å². The molecule has 1 rings (SSSR count). The van der Waals surface area contributed by atoms with E-state index in [-0.39, 0.29) is 5.54 Å². The van der Waals surface area contributed by atoms with Crippen LogP contribution < -0.4 is 11.1 Å². The fourth-order valence-corrected chi connectivity index (χ4v) is 2.82. The van der Waals surface area contributed by atoms with E-state index < -0.39 is 0 Å². The molecule has 3 nitrogen and oxygen atoms in total. The number of ether oxygens (including phenoxy) is 1. The normalized spacial score (nSPS) is 22.4. The molecule has 0 spiro atoms. The molecule has 3 heteroatoms. The largest absolute Gasteiger partial charge is 0.383 e. The monoisotopic (exact) mass is 242 g/mol. The smallest absolute Gasteiger partial charge is 0.0659 e. The van der Waals surface area contributed by atoms with Gasteiger partial charge in [-0.15, -0.1) is 0 Å². The summed E-state index contributed by atoms with van der Waals surface area (Å²) in [5.74, 6) is 0.496. The van der Waals surface area contributed by atoms with Crippen molar-refractivity contribution in [1.82, 2.24) is 5.32 Å². The van der Waals surface area contributed by atoms with E-state index in [0.29, 0.717) is 25.1 Å². The molecule has 0 aromatic rings. The maximum absolute atomic E-state index is 6.01. The molecule has 3 N–H and O–H groups in total. The fraction of sp³-hybridized carbons (Fsp3) is 1.00. The topological polar surface area (TPSA) is 47.3 Å². The molecule has 1 unspecified atom stereocenters. The van der Waals surface area contributed by atoms with Crippen molar-refractivity contribution in [3.8, 4) is 0 Å². The Morgan fingerprint density at radius 3 is 2.24 bits per heavy atom. The molecule has 17 heavy (non-hydrogen) atoms. The van der Waals surface area contributed by atoms with Crippen molar-refractivity contribution in [1.29, 1.82) is 0 Å². The SMILES string of the molecule is COCC(CN)(NC1CCCCCC1)C(C)C. The molecule has 0 amide bonds. The van der Waals surface area contributed by atoms with Crippen molar-refractivity contribution in [2.24, 2.45) is 11.7 Å². The maximum Gasteiger partial charge on any atom is 0.0659 e. The zero-order valence-corrected chi connectivity index (χ0v) is 11.8. The van der Waals surface area contributed by atoms with Gasteiger partial charge < -0.3 is 15.8 Å². The Hall–Kier alpha value is -0.120. The molecule has 0 aromatic carbocycles. The molecule has 0 bridgehead atoms. The van der Waals surface area contributed by atoms with Gasteiger partial charge in [0.25, 0.3) is 0 Å². The van der Waals surface area contributed by atoms with Gasteiger partial charge in [-0.2, -0.15) is 0 Å². The summed E-state index contributed by atoms with van der Waals surface area (Å²) in [5, 5.41) is 3.81. The van der Waals surface area contributed by atoms with E-state index in [2.05, 4.69) is 19.2 Å². The minimum absolute atomic E-state index is 0.0518. The Morgan fingerprint density at radius 1 is 1.24 bits per heavy atom. The van der Waals surface area contributed by atoms with E-state index in [0.717, 1.165) is 0 Å². The van der Waals surface area contributed by atoms with Crippen LogP contribution in [0.3, 0.4) is 0 Å². The molecule has 1 saturated carbocycles. The van der Waals surface area contributed by atoms with Crippen molar-refractivity contribution in [3.63, 3.8) is 0 Å². The Kier molecular flexibility index (Phi) is 6.45. The molecule has 0 saturated heterocycles. The third-order valence-electron chi connectivity index (χ3n) is 4.22. The Morgan fingerprint density at radius 2 is 1.82 bits per heavy atom. The molecule has 1 aliphatic carbocycles. The van der Waals surface area contributed by atoms with Crippen LogP contribution in [0.5, 0.6) is 0 Å². The van der Waals surface area contributed by atoms with Crippen molar-refractivity contribution < 1.29 is 4.74 Å². The summed E-state index contributed by atoms with van der Waals surface area (Å²) < 4.78 is 5.39. The third-order valence-corrected chi connectivity index (χ3v) is 4.22. The first-order chi connectivity index (χ1) is 8.14. The molecule has 0 heterocycles. The number of nitrogens with one attached hydrogen (secondary N) is 1. The minimum Gasteiger partial charge on any atom is -0.383 e. The highest BCUT2D eigenvalue weighted by atomic mass is 16.5. The Labute approximate surface area is 106 Å². The summed E-state index contributed by atoms with van der Waals surface area (Å²) in [7, 11) is 1.77. The summed E-state index contributed by atoms with van der Waals surface area (Å²) in [6, 6.07) is 0.624. The number of hydrogen-bond acceptors (Lipinski definition) is 3. The summed E-state index contributed by atoms with van der Waals surface area (Å²) in [6.45, 7) is 5.82. The van der Waals surface area contributed by atoms with E-state index in [1.54, 1.807) is 7.11 Å². The molecular formula is C14H30N2O. The molecule has 0 radical (unpaired) electrons. The van der Waals surface area contributed by atoms with Crippen LogP contribution in [0, 0.1) is 5.92 Å². The van der Waals surface area contributed by atoms with Gasteiger partial charge in [0.2, 0.25) is 0 Å². The molecule has 1 atom stereocenters. The molecule has 1 fully saturated rings. The number of hydrogen-bond donors (Lipinski definition) is 2. The summed E-state index contributed by atoms with van der Waals surface area (Å²) in [6.07, 6.45) is 8.06. The molecule has 0 aliphatic heterocycles. The van der Waals surface area contributed by atoms with Crippen LogP contribution in [-0.4, -0.2) is 31.8 Å². The number of nitrogens with two attached hydrogens (primary N) is 1.